The van der Waals surface area contributed by atoms with E-state index in [0.717, 1.165) is 0 Å². The van der Waals surface area contributed by atoms with Gasteiger partial charge in [-0.15, -0.1) is 5.10 Å². The molecule has 0 aliphatic heterocycles. The topological polar surface area (TPSA) is 138 Å². The number of hydrogen-bond acceptors (Lipinski definition) is 8. The third kappa shape index (κ3) is 3.12. The zero-order valence-electron chi connectivity index (χ0n) is 9.93. The van der Waals surface area contributed by atoms with E-state index < -0.39 is 4.92 Å². The molecular weight excluding hydrogens is 252 g/mol. The van der Waals surface area contributed by atoms with Crippen LogP contribution >= 0.6 is 0 Å². The van der Waals surface area contributed by atoms with Crippen molar-refractivity contribution < 1.29 is 4.92 Å². The monoisotopic (exact) mass is 264 g/mol. The van der Waals surface area contributed by atoms with Crippen molar-refractivity contribution in [3.63, 3.8) is 0 Å². The van der Waals surface area contributed by atoms with Gasteiger partial charge < -0.3 is 11.1 Å². The molecule has 0 aromatic carbocycles. The van der Waals surface area contributed by atoms with Gasteiger partial charge in [0.25, 0.3) is 0 Å². The van der Waals surface area contributed by atoms with Crippen LogP contribution < -0.4 is 11.1 Å². The molecule has 0 aliphatic carbocycles. The number of anilines is 2. The van der Waals surface area contributed by atoms with Gasteiger partial charge in [0.1, 0.15) is 6.33 Å². The summed E-state index contributed by atoms with van der Waals surface area (Å²) in [4.78, 5) is 17.7. The number of aromatic nitrogens is 5. The van der Waals surface area contributed by atoms with Crippen LogP contribution in [0.2, 0.25) is 0 Å². The van der Waals surface area contributed by atoms with Gasteiger partial charge in [-0.2, -0.15) is 0 Å². The van der Waals surface area contributed by atoms with Crippen LogP contribution in [0.15, 0.2) is 18.7 Å². The van der Waals surface area contributed by atoms with Gasteiger partial charge in [-0.25, -0.2) is 9.97 Å². The van der Waals surface area contributed by atoms with Gasteiger partial charge in [-0.3, -0.25) is 14.8 Å². The lowest BCUT2D eigenvalue weighted by atomic mass is 10.4. The summed E-state index contributed by atoms with van der Waals surface area (Å²) in [6.07, 6.45) is 5.22. The average Bonchev–Trinajstić information content (AvgIpc) is 2.87. The lowest BCUT2D eigenvalue weighted by Gasteiger charge is -2.06. The number of nitrogen functional groups attached to an aromatic ring is 1. The van der Waals surface area contributed by atoms with E-state index in [1.54, 1.807) is 17.1 Å². The minimum atomic E-state index is -0.602. The molecule has 0 spiro atoms. The SMILES string of the molecule is Nc1ncnc(NCCCn2ccnn2)c1[N+](=O)[O-]. The van der Waals surface area contributed by atoms with Crippen LogP contribution in [0.25, 0.3) is 0 Å². The Morgan fingerprint density at radius 2 is 2.32 bits per heavy atom. The fourth-order valence-corrected chi connectivity index (χ4v) is 1.50. The molecule has 0 atom stereocenters. The molecule has 0 radical (unpaired) electrons. The molecule has 2 rings (SSSR count). The summed E-state index contributed by atoms with van der Waals surface area (Å²) < 4.78 is 1.67. The van der Waals surface area contributed by atoms with Gasteiger partial charge in [0.15, 0.2) is 0 Å². The van der Waals surface area contributed by atoms with E-state index in [-0.39, 0.29) is 17.3 Å². The molecule has 0 saturated heterocycles. The van der Waals surface area contributed by atoms with Gasteiger partial charge in [-0.1, -0.05) is 5.21 Å². The zero-order valence-corrected chi connectivity index (χ0v) is 9.93. The molecule has 0 bridgehead atoms. The van der Waals surface area contributed by atoms with Crippen LogP contribution in [-0.4, -0.2) is 36.4 Å². The molecule has 0 saturated carbocycles. The Kier molecular flexibility index (Phi) is 3.81. The van der Waals surface area contributed by atoms with Gasteiger partial charge in [0.2, 0.25) is 11.6 Å². The van der Waals surface area contributed by atoms with Crippen LogP contribution in [-0.2, 0) is 6.54 Å². The molecule has 2 heterocycles. The molecule has 0 amide bonds. The Hall–Kier alpha value is -2.78. The van der Waals surface area contributed by atoms with Crippen LogP contribution in [0, 0.1) is 10.1 Å². The lowest BCUT2D eigenvalue weighted by molar-refractivity contribution is -0.383. The largest absolute Gasteiger partial charge is 0.378 e. The smallest absolute Gasteiger partial charge is 0.352 e. The maximum absolute atomic E-state index is 10.8. The molecule has 10 nitrogen and oxygen atoms in total. The summed E-state index contributed by atoms with van der Waals surface area (Å²) >= 11 is 0. The Bertz CT molecular complexity index is 555. The van der Waals surface area contributed by atoms with Gasteiger partial charge in [0.05, 0.1) is 11.1 Å². The van der Waals surface area contributed by atoms with Crippen LogP contribution in [0.4, 0.5) is 17.3 Å². The Morgan fingerprint density at radius 1 is 1.47 bits per heavy atom. The van der Waals surface area contributed by atoms with Crippen LogP contribution in [0.3, 0.4) is 0 Å². The number of hydrogen-bond donors (Lipinski definition) is 2. The first-order valence-electron chi connectivity index (χ1n) is 5.51. The highest BCUT2D eigenvalue weighted by Gasteiger charge is 2.20. The Balaban J connectivity index is 1.92. The van der Waals surface area contributed by atoms with E-state index in [1.807, 2.05) is 0 Å². The molecule has 0 fully saturated rings. The number of nitrogens with zero attached hydrogens (tertiary/aromatic N) is 6. The predicted octanol–water partition coefficient (Wildman–Crippen LogP) is 0.0607. The Morgan fingerprint density at radius 3 is 3.00 bits per heavy atom. The third-order valence-electron chi connectivity index (χ3n) is 2.36. The quantitative estimate of drug-likeness (QED) is 0.424. The molecule has 2 aromatic heterocycles. The summed E-state index contributed by atoms with van der Waals surface area (Å²) in [7, 11) is 0. The van der Waals surface area contributed by atoms with E-state index in [9.17, 15) is 10.1 Å². The highest BCUT2D eigenvalue weighted by atomic mass is 16.6. The highest BCUT2D eigenvalue weighted by molar-refractivity contribution is 5.67. The zero-order chi connectivity index (χ0) is 13.7. The van der Waals surface area contributed by atoms with Crippen molar-refractivity contribution in [2.45, 2.75) is 13.0 Å². The second-order valence-electron chi connectivity index (χ2n) is 3.66. The molecule has 19 heavy (non-hydrogen) atoms. The maximum atomic E-state index is 10.8. The summed E-state index contributed by atoms with van der Waals surface area (Å²) in [5, 5.41) is 21.2. The number of aryl methyl sites for hydroxylation is 1. The van der Waals surface area contributed by atoms with E-state index in [4.69, 9.17) is 5.73 Å². The summed E-state index contributed by atoms with van der Waals surface area (Å²) in [5.41, 5.74) is 5.15. The summed E-state index contributed by atoms with van der Waals surface area (Å²) in [6.45, 7) is 1.15. The van der Waals surface area contributed by atoms with E-state index in [0.29, 0.717) is 19.5 Å². The minimum absolute atomic E-state index is 0.121. The first kappa shape index (κ1) is 12.7. The van der Waals surface area contributed by atoms with E-state index >= 15 is 0 Å². The first-order valence-corrected chi connectivity index (χ1v) is 5.51. The predicted molar refractivity (Wildman–Crippen MR) is 66.2 cm³/mol. The molecule has 0 aliphatic rings. The van der Waals surface area contributed by atoms with Crippen molar-refractivity contribution in [3.8, 4) is 0 Å². The van der Waals surface area contributed by atoms with Gasteiger partial charge >= 0.3 is 5.69 Å². The minimum Gasteiger partial charge on any atom is -0.378 e. The normalized spacial score (nSPS) is 10.3. The second-order valence-corrected chi connectivity index (χ2v) is 3.66. The molecule has 10 heteroatoms. The number of nitrogens with two attached hydrogens (primary N) is 1. The number of nitrogens with one attached hydrogen (secondary N) is 1. The van der Waals surface area contributed by atoms with Crippen molar-refractivity contribution in [3.05, 3.63) is 28.8 Å². The van der Waals surface area contributed by atoms with Crippen molar-refractivity contribution in [1.82, 2.24) is 25.0 Å². The van der Waals surface area contributed by atoms with Crippen LogP contribution in [0.1, 0.15) is 6.42 Å². The van der Waals surface area contributed by atoms with Crippen molar-refractivity contribution in [2.24, 2.45) is 0 Å². The molecule has 3 N–H and O–H groups in total. The van der Waals surface area contributed by atoms with Crippen LogP contribution in [0.5, 0.6) is 0 Å². The summed E-state index contributed by atoms with van der Waals surface area (Å²) in [5.74, 6) is -0.0325. The molecular formula is C9H12N8O2. The highest BCUT2D eigenvalue weighted by Crippen LogP contribution is 2.25. The third-order valence-corrected chi connectivity index (χ3v) is 2.36. The summed E-state index contributed by atoms with van der Waals surface area (Å²) in [6, 6.07) is 0. The van der Waals surface area contributed by atoms with Gasteiger partial charge in [0, 0.05) is 19.3 Å². The standard InChI is InChI=1S/C9H12N8O2/c10-8-7(17(18)19)9(13-6-12-8)11-2-1-4-16-5-3-14-15-16/h3,5-6H,1-2,4H2,(H3,10,11,12,13). The van der Waals surface area contributed by atoms with Crippen molar-refractivity contribution >= 4 is 17.3 Å². The number of rotatable bonds is 6. The second kappa shape index (κ2) is 5.71. The molecule has 2 aromatic rings. The Labute approximate surface area is 107 Å². The van der Waals surface area contributed by atoms with Crippen molar-refractivity contribution in [1.29, 1.82) is 0 Å². The maximum Gasteiger partial charge on any atom is 0.352 e. The molecule has 100 valence electrons. The fraction of sp³-hybridized carbons (Fsp3) is 0.333. The molecule has 0 unspecified atom stereocenters. The lowest BCUT2D eigenvalue weighted by Crippen LogP contribution is -2.11. The van der Waals surface area contributed by atoms with E-state index in [2.05, 4.69) is 25.6 Å². The average molecular weight is 264 g/mol. The number of nitro groups is 1. The first-order chi connectivity index (χ1) is 9.18. The van der Waals surface area contributed by atoms with E-state index in [1.165, 1.54) is 6.33 Å². The fourth-order valence-electron chi connectivity index (χ4n) is 1.50. The van der Waals surface area contributed by atoms with Crippen molar-refractivity contribution in [2.75, 3.05) is 17.6 Å². The van der Waals surface area contributed by atoms with Gasteiger partial charge in [-0.05, 0) is 6.42 Å².